The summed E-state index contributed by atoms with van der Waals surface area (Å²) in [4.78, 5) is 0. The predicted octanol–water partition coefficient (Wildman–Crippen LogP) is 8.92. The average Bonchev–Trinajstić information content (AvgIpc) is 3.38. The SMILES string of the molecule is Cc1cccc2c1oc1c(C(C)C)cc(C[Si](C)(C)c3cccc4c3oc3c(C)cccc34)cc12. The van der Waals surface area contributed by atoms with Crippen LogP contribution in [-0.4, -0.2) is 8.07 Å². The molecule has 2 nitrogen and oxygen atoms in total. The third-order valence-corrected chi connectivity index (χ3v) is 10.7. The first-order valence-corrected chi connectivity index (χ1v) is 15.8. The Kier molecular flexibility index (Phi) is 4.98. The Bertz CT molecular complexity index is 1750. The van der Waals surface area contributed by atoms with Crippen LogP contribution in [0.1, 0.15) is 42.0 Å². The van der Waals surface area contributed by atoms with E-state index < -0.39 is 8.07 Å². The summed E-state index contributed by atoms with van der Waals surface area (Å²) >= 11 is 0. The number of benzene rings is 4. The lowest BCUT2D eigenvalue weighted by molar-refractivity contribution is 0.654. The van der Waals surface area contributed by atoms with Gasteiger partial charge in [0, 0.05) is 21.5 Å². The van der Waals surface area contributed by atoms with Crippen LogP contribution in [-0.2, 0) is 6.04 Å². The van der Waals surface area contributed by atoms with Crippen LogP contribution in [0.5, 0.6) is 0 Å². The molecule has 0 saturated heterocycles. The Hall–Kier alpha value is -3.30. The highest BCUT2D eigenvalue weighted by atomic mass is 28.3. The van der Waals surface area contributed by atoms with E-state index in [0.29, 0.717) is 5.92 Å². The van der Waals surface area contributed by atoms with Crippen molar-refractivity contribution >= 4 is 57.1 Å². The molecule has 0 N–H and O–H groups in total. The van der Waals surface area contributed by atoms with E-state index in [1.54, 1.807) is 0 Å². The second kappa shape index (κ2) is 7.86. The van der Waals surface area contributed by atoms with Crippen LogP contribution in [0.3, 0.4) is 0 Å². The van der Waals surface area contributed by atoms with Gasteiger partial charge < -0.3 is 8.83 Å². The summed E-state index contributed by atoms with van der Waals surface area (Å²) in [5.41, 5.74) is 9.23. The smallest absolute Gasteiger partial charge is 0.138 e. The van der Waals surface area contributed by atoms with Gasteiger partial charge >= 0.3 is 0 Å². The zero-order valence-corrected chi connectivity index (χ0v) is 22.5. The molecule has 0 unspecified atom stereocenters. The average molecular weight is 477 g/mol. The third kappa shape index (κ3) is 3.44. The fraction of sp³-hybridized carbons (Fsp3) is 0.250. The van der Waals surface area contributed by atoms with Gasteiger partial charge in [-0.05, 0) is 59.3 Å². The van der Waals surface area contributed by atoms with Crippen LogP contribution >= 0.6 is 0 Å². The second-order valence-corrected chi connectivity index (χ2v) is 15.7. The van der Waals surface area contributed by atoms with E-state index in [4.69, 9.17) is 8.83 Å². The highest BCUT2D eigenvalue weighted by Crippen LogP contribution is 2.37. The molecule has 35 heavy (non-hydrogen) atoms. The lowest BCUT2D eigenvalue weighted by Crippen LogP contribution is -2.44. The first kappa shape index (κ1) is 22.2. The lowest BCUT2D eigenvalue weighted by atomic mass is 9.97. The predicted molar refractivity (Wildman–Crippen MR) is 152 cm³/mol. The number of hydrogen-bond donors (Lipinski definition) is 0. The van der Waals surface area contributed by atoms with Crippen LogP contribution in [0.2, 0.25) is 13.1 Å². The Morgan fingerprint density at radius 2 is 1.20 bits per heavy atom. The summed E-state index contributed by atoms with van der Waals surface area (Å²) in [7, 11) is -1.89. The minimum Gasteiger partial charge on any atom is -0.456 e. The molecule has 0 bridgehead atoms. The molecule has 0 aliphatic carbocycles. The van der Waals surface area contributed by atoms with Gasteiger partial charge in [0.25, 0.3) is 0 Å². The topological polar surface area (TPSA) is 26.3 Å². The normalized spacial score (nSPS) is 12.7. The molecule has 176 valence electrons. The first-order valence-electron chi connectivity index (χ1n) is 12.6. The molecular weight excluding hydrogens is 444 g/mol. The van der Waals surface area contributed by atoms with Crippen molar-refractivity contribution in [1.82, 2.24) is 0 Å². The van der Waals surface area contributed by atoms with Crippen molar-refractivity contribution < 1.29 is 8.83 Å². The maximum absolute atomic E-state index is 6.55. The van der Waals surface area contributed by atoms with E-state index in [-0.39, 0.29) is 0 Å². The highest BCUT2D eigenvalue weighted by Gasteiger charge is 2.29. The molecular formula is C32H32O2Si. The van der Waals surface area contributed by atoms with Gasteiger partial charge in [-0.15, -0.1) is 0 Å². The fourth-order valence-corrected chi connectivity index (χ4v) is 8.52. The summed E-state index contributed by atoms with van der Waals surface area (Å²) in [5.74, 6) is 0.393. The quantitative estimate of drug-likeness (QED) is 0.237. The minimum atomic E-state index is -1.89. The maximum Gasteiger partial charge on any atom is 0.138 e. The van der Waals surface area contributed by atoms with E-state index >= 15 is 0 Å². The van der Waals surface area contributed by atoms with Crippen molar-refractivity contribution in [2.45, 2.75) is 52.8 Å². The molecule has 0 aliphatic heterocycles. The van der Waals surface area contributed by atoms with Crippen LogP contribution in [0, 0.1) is 13.8 Å². The molecule has 0 aliphatic rings. The van der Waals surface area contributed by atoms with Crippen molar-refractivity contribution in [3.63, 3.8) is 0 Å². The Labute approximate surface area is 207 Å². The molecule has 0 saturated carbocycles. The molecule has 0 radical (unpaired) electrons. The molecule has 0 spiro atoms. The van der Waals surface area contributed by atoms with Gasteiger partial charge in [-0.2, -0.15) is 0 Å². The van der Waals surface area contributed by atoms with Crippen molar-refractivity contribution in [2.24, 2.45) is 0 Å². The Morgan fingerprint density at radius 3 is 1.83 bits per heavy atom. The van der Waals surface area contributed by atoms with Crippen LogP contribution < -0.4 is 5.19 Å². The molecule has 6 rings (SSSR count). The van der Waals surface area contributed by atoms with E-state index in [2.05, 4.69) is 108 Å². The molecule has 4 aromatic carbocycles. The van der Waals surface area contributed by atoms with Gasteiger partial charge in [-0.3, -0.25) is 0 Å². The maximum atomic E-state index is 6.55. The third-order valence-electron chi connectivity index (χ3n) is 7.60. The van der Waals surface area contributed by atoms with Crippen molar-refractivity contribution in [2.75, 3.05) is 0 Å². The monoisotopic (exact) mass is 476 g/mol. The van der Waals surface area contributed by atoms with Gasteiger partial charge in [0.1, 0.15) is 22.3 Å². The van der Waals surface area contributed by atoms with Crippen molar-refractivity contribution in [3.8, 4) is 0 Å². The standard InChI is InChI=1S/C32H32O2Si/c1-19(2)26-16-22(17-27-25-13-8-11-21(4)30(25)33-31(26)27)18-35(5,6)28-15-9-14-24-23-12-7-10-20(3)29(23)34-32(24)28/h7-17,19H,18H2,1-6H3. The Balaban J connectivity index is 1.52. The summed E-state index contributed by atoms with van der Waals surface area (Å²) in [6.45, 7) is 13.7. The molecule has 3 heteroatoms. The number of aryl methyl sites for hydroxylation is 2. The molecule has 6 aromatic rings. The summed E-state index contributed by atoms with van der Waals surface area (Å²) in [6.07, 6.45) is 0. The largest absolute Gasteiger partial charge is 0.456 e. The zero-order chi connectivity index (χ0) is 24.5. The molecule has 2 heterocycles. The summed E-state index contributed by atoms with van der Waals surface area (Å²) in [6, 6.07) is 25.4. The van der Waals surface area contributed by atoms with E-state index in [1.807, 2.05) is 0 Å². The van der Waals surface area contributed by atoms with Crippen LogP contribution in [0.25, 0.3) is 43.9 Å². The number of furan rings is 2. The minimum absolute atomic E-state index is 0.393. The lowest BCUT2D eigenvalue weighted by Gasteiger charge is -2.24. The highest BCUT2D eigenvalue weighted by molar-refractivity contribution is 6.90. The van der Waals surface area contributed by atoms with E-state index in [9.17, 15) is 0 Å². The van der Waals surface area contributed by atoms with Gasteiger partial charge in [-0.25, -0.2) is 0 Å². The first-order chi connectivity index (χ1) is 16.7. The Morgan fingerprint density at radius 1 is 0.657 bits per heavy atom. The number of para-hydroxylation sites is 3. The number of fused-ring (bicyclic) bond motifs is 6. The van der Waals surface area contributed by atoms with E-state index in [0.717, 1.165) is 28.4 Å². The molecule has 0 atom stereocenters. The zero-order valence-electron chi connectivity index (χ0n) is 21.5. The number of hydrogen-bond acceptors (Lipinski definition) is 2. The fourth-order valence-electron chi connectivity index (χ4n) is 5.76. The molecule has 2 aromatic heterocycles. The molecule has 0 amide bonds. The van der Waals surface area contributed by atoms with Gasteiger partial charge in [0.2, 0.25) is 0 Å². The van der Waals surface area contributed by atoms with Crippen LogP contribution in [0.4, 0.5) is 0 Å². The van der Waals surface area contributed by atoms with Crippen molar-refractivity contribution in [1.29, 1.82) is 0 Å². The van der Waals surface area contributed by atoms with Crippen molar-refractivity contribution in [3.05, 3.63) is 89.0 Å². The molecule has 0 fully saturated rings. The summed E-state index contributed by atoms with van der Waals surface area (Å²) in [5, 5.41) is 6.31. The van der Waals surface area contributed by atoms with Gasteiger partial charge in [-0.1, -0.05) is 87.6 Å². The second-order valence-electron chi connectivity index (χ2n) is 11.1. The van der Waals surface area contributed by atoms with Crippen LogP contribution in [0.15, 0.2) is 75.6 Å². The van der Waals surface area contributed by atoms with Gasteiger partial charge in [0.15, 0.2) is 0 Å². The summed E-state index contributed by atoms with van der Waals surface area (Å²) < 4.78 is 13.0. The van der Waals surface area contributed by atoms with E-state index in [1.165, 1.54) is 49.0 Å². The van der Waals surface area contributed by atoms with Gasteiger partial charge in [0.05, 0.1) is 8.07 Å². The number of rotatable bonds is 4.